The van der Waals surface area contributed by atoms with Crippen LogP contribution in [0.15, 0.2) is 35.0 Å². The quantitative estimate of drug-likeness (QED) is 0.503. The van der Waals surface area contributed by atoms with Gasteiger partial charge in [0, 0.05) is 43.6 Å². The van der Waals surface area contributed by atoms with E-state index in [2.05, 4.69) is 14.9 Å². The Morgan fingerprint density at radius 2 is 1.89 bits per heavy atom. The number of aromatic nitrogens is 2. The van der Waals surface area contributed by atoms with E-state index in [0.29, 0.717) is 64.8 Å². The van der Waals surface area contributed by atoms with Crippen molar-refractivity contribution in [2.75, 3.05) is 49.2 Å². The molecule has 1 amide bonds. The molecule has 10 nitrogen and oxygen atoms in total. The fourth-order valence-corrected chi connectivity index (χ4v) is 4.95. The van der Waals surface area contributed by atoms with Gasteiger partial charge < -0.3 is 19.1 Å². The van der Waals surface area contributed by atoms with E-state index in [4.69, 9.17) is 32.5 Å². The molecule has 1 aliphatic heterocycles. The fraction of sp³-hybridized carbons (Fsp3) is 0.318. The van der Waals surface area contributed by atoms with Crippen molar-refractivity contribution < 1.29 is 22.5 Å². The summed E-state index contributed by atoms with van der Waals surface area (Å²) in [5, 5.41) is 5.00. The molecule has 0 unspecified atom stereocenters. The highest BCUT2D eigenvalue weighted by atomic mass is 35.5. The van der Waals surface area contributed by atoms with Gasteiger partial charge in [-0.05, 0) is 31.2 Å². The standard InChI is InChI=1S/C22H23Cl2N5O5S/c1-13-19(20(26-34-13)16-11-15(27-35(3,31)32)4-5-18(16)33-2)22(30)29-8-6-28(7-9-29)21-17(24)10-14(23)12-25-21/h4-5,10-12,27H,6-9H2,1-3H3. The number of nitrogens with one attached hydrogen (secondary N) is 1. The van der Waals surface area contributed by atoms with Gasteiger partial charge in [0.2, 0.25) is 10.0 Å². The summed E-state index contributed by atoms with van der Waals surface area (Å²) in [7, 11) is -2.03. The Bertz CT molecular complexity index is 1370. The van der Waals surface area contributed by atoms with Gasteiger partial charge in [0.25, 0.3) is 5.91 Å². The highest BCUT2D eigenvalue weighted by Gasteiger charge is 2.30. The van der Waals surface area contributed by atoms with Crippen LogP contribution in [0.5, 0.6) is 5.75 Å². The van der Waals surface area contributed by atoms with Crippen molar-refractivity contribution in [1.82, 2.24) is 15.0 Å². The van der Waals surface area contributed by atoms with Crippen molar-refractivity contribution in [1.29, 1.82) is 0 Å². The lowest BCUT2D eigenvalue weighted by molar-refractivity contribution is 0.0745. The molecule has 13 heteroatoms. The highest BCUT2D eigenvalue weighted by Crippen LogP contribution is 2.36. The summed E-state index contributed by atoms with van der Waals surface area (Å²) in [6, 6.07) is 6.35. The number of piperazine rings is 1. The van der Waals surface area contributed by atoms with Gasteiger partial charge in [0.15, 0.2) is 0 Å². The maximum atomic E-state index is 13.5. The number of pyridine rings is 1. The molecule has 1 aliphatic rings. The molecule has 1 aromatic carbocycles. The van der Waals surface area contributed by atoms with Gasteiger partial charge in [-0.15, -0.1) is 0 Å². The molecular weight excluding hydrogens is 517 g/mol. The maximum absolute atomic E-state index is 13.5. The van der Waals surface area contributed by atoms with Gasteiger partial charge in [-0.25, -0.2) is 13.4 Å². The van der Waals surface area contributed by atoms with Crippen LogP contribution >= 0.6 is 23.2 Å². The summed E-state index contributed by atoms with van der Waals surface area (Å²) in [6.07, 6.45) is 2.59. The molecule has 0 atom stereocenters. The zero-order valence-corrected chi connectivity index (χ0v) is 21.5. The smallest absolute Gasteiger partial charge is 0.259 e. The summed E-state index contributed by atoms with van der Waals surface area (Å²) in [6.45, 7) is 3.56. The van der Waals surface area contributed by atoms with Crippen LogP contribution in [0.25, 0.3) is 11.3 Å². The Morgan fingerprint density at radius 1 is 1.17 bits per heavy atom. The number of halogens is 2. The molecule has 1 fully saturated rings. The summed E-state index contributed by atoms with van der Waals surface area (Å²) in [5.41, 5.74) is 1.29. The van der Waals surface area contributed by atoms with Crippen molar-refractivity contribution in [3.63, 3.8) is 0 Å². The molecule has 4 rings (SSSR count). The third-order valence-corrected chi connectivity index (χ3v) is 6.58. The van der Waals surface area contributed by atoms with Crippen LogP contribution in [0.2, 0.25) is 10.0 Å². The summed E-state index contributed by atoms with van der Waals surface area (Å²) in [4.78, 5) is 21.5. The number of anilines is 2. The van der Waals surface area contributed by atoms with Crippen LogP contribution in [-0.2, 0) is 10.0 Å². The van der Waals surface area contributed by atoms with Crippen LogP contribution in [0.4, 0.5) is 11.5 Å². The van der Waals surface area contributed by atoms with Gasteiger partial charge in [0.1, 0.15) is 28.6 Å². The van der Waals surface area contributed by atoms with Crippen molar-refractivity contribution in [2.24, 2.45) is 0 Å². The topological polar surface area (TPSA) is 118 Å². The lowest BCUT2D eigenvalue weighted by Gasteiger charge is -2.35. The predicted octanol–water partition coefficient (Wildman–Crippen LogP) is 3.69. The Hall–Kier alpha value is -3.02. The molecule has 0 saturated carbocycles. The maximum Gasteiger partial charge on any atom is 0.259 e. The monoisotopic (exact) mass is 539 g/mol. The van der Waals surface area contributed by atoms with Gasteiger partial charge >= 0.3 is 0 Å². The molecule has 3 heterocycles. The molecule has 3 aromatic rings. The lowest BCUT2D eigenvalue weighted by Crippen LogP contribution is -2.49. The van der Waals surface area contributed by atoms with E-state index < -0.39 is 10.0 Å². The average molecular weight is 540 g/mol. The van der Waals surface area contributed by atoms with Crippen LogP contribution in [0.3, 0.4) is 0 Å². The minimum absolute atomic E-state index is 0.253. The number of hydrogen-bond acceptors (Lipinski definition) is 8. The Morgan fingerprint density at radius 3 is 2.51 bits per heavy atom. The third kappa shape index (κ3) is 5.47. The third-order valence-electron chi connectivity index (χ3n) is 5.49. The minimum atomic E-state index is -3.50. The number of amides is 1. The van der Waals surface area contributed by atoms with E-state index in [-0.39, 0.29) is 17.2 Å². The lowest BCUT2D eigenvalue weighted by atomic mass is 10.0. The van der Waals surface area contributed by atoms with Crippen molar-refractivity contribution in [2.45, 2.75) is 6.92 Å². The Kier molecular flexibility index (Phi) is 7.11. The molecule has 0 radical (unpaired) electrons. The van der Waals surface area contributed by atoms with Crippen LogP contribution in [0.1, 0.15) is 16.1 Å². The zero-order valence-electron chi connectivity index (χ0n) is 19.2. The number of sulfonamides is 1. The number of nitrogens with zero attached hydrogens (tertiary/aromatic N) is 4. The van der Waals surface area contributed by atoms with Crippen LogP contribution in [0, 0.1) is 6.92 Å². The number of hydrogen-bond donors (Lipinski definition) is 1. The second-order valence-corrected chi connectivity index (χ2v) is 10.6. The van der Waals surface area contributed by atoms with E-state index >= 15 is 0 Å². The molecule has 1 N–H and O–H groups in total. The number of rotatable bonds is 6. The second kappa shape index (κ2) is 9.92. The Balaban J connectivity index is 1.60. The molecule has 35 heavy (non-hydrogen) atoms. The summed E-state index contributed by atoms with van der Waals surface area (Å²) in [5.74, 6) is 1.13. The van der Waals surface area contributed by atoms with Gasteiger partial charge in [-0.1, -0.05) is 28.4 Å². The first-order chi connectivity index (χ1) is 16.6. The molecule has 2 aromatic heterocycles. The van der Waals surface area contributed by atoms with E-state index in [1.165, 1.54) is 13.3 Å². The first-order valence-electron chi connectivity index (χ1n) is 10.5. The number of methoxy groups -OCH3 is 1. The highest BCUT2D eigenvalue weighted by molar-refractivity contribution is 7.92. The van der Waals surface area contributed by atoms with Crippen molar-refractivity contribution in [3.8, 4) is 17.0 Å². The molecule has 0 spiro atoms. The normalized spacial score (nSPS) is 14.2. The van der Waals surface area contributed by atoms with Crippen LogP contribution in [-0.4, -0.2) is 68.9 Å². The average Bonchev–Trinajstić information content (AvgIpc) is 3.19. The van der Waals surface area contributed by atoms with Gasteiger partial charge in [-0.3, -0.25) is 9.52 Å². The number of carbonyl (C=O) groups excluding carboxylic acids is 1. The van der Waals surface area contributed by atoms with Gasteiger partial charge in [0.05, 0.1) is 23.4 Å². The predicted molar refractivity (Wildman–Crippen MR) is 134 cm³/mol. The van der Waals surface area contributed by atoms with Gasteiger partial charge in [-0.2, -0.15) is 0 Å². The Labute approximate surface area is 212 Å². The largest absolute Gasteiger partial charge is 0.496 e. The zero-order chi connectivity index (χ0) is 25.3. The number of benzene rings is 1. The molecule has 0 bridgehead atoms. The summed E-state index contributed by atoms with van der Waals surface area (Å²) < 4.78 is 36.6. The van der Waals surface area contributed by atoms with Crippen molar-refractivity contribution >= 4 is 50.6 Å². The SMILES string of the molecule is COc1ccc(NS(C)(=O)=O)cc1-c1noc(C)c1C(=O)N1CCN(c2ncc(Cl)cc2Cl)CC1. The summed E-state index contributed by atoms with van der Waals surface area (Å²) >= 11 is 12.2. The number of ether oxygens (including phenoxy) is 1. The van der Waals surface area contributed by atoms with Crippen LogP contribution < -0.4 is 14.4 Å². The minimum Gasteiger partial charge on any atom is -0.496 e. The molecule has 1 saturated heterocycles. The molecule has 186 valence electrons. The first kappa shape index (κ1) is 25.1. The molecule has 0 aliphatic carbocycles. The number of aryl methyl sites for hydroxylation is 1. The molecular formula is C22H23Cl2N5O5S. The van der Waals surface area contributed by atoms with E-state index in [1.807, 2.05) is 4.90 Å². The van der Waals surface area contributed by atoms with Crippen molar-refractivity contribution in [3.05, 3.63) is 51.8 Å². The van der Waals surface area contributed by atoms with E-state index in [9.17, 15) is 13.2 Å². The number of carbonyl (C=O) groups is 1. The first-order valence-corrected chi connectivity index (χ1v) is 13.2. The second-order valence-electron chi connectivity index (χ2n) is 7.99. The fourth-order valence-electron chi connectivity index (χ4n) is 3.90. The van der Waals surface area contributed by atoms with E-state index in [0.717, 1.165) is 6.26 Å². The van der Waals surface area contributed by atoms with E-state index in [1.54, 1.807) is 36.1 Å².